The molecule has 1 fully saturated rings. The van der Waals surface area contributed by atoms with Crippen LogP contribution in [0.5, 0.6) is 23.0 Å². The Bertz CT molecular complexity index is 1060. The molecule has 0 radical (unpaired) electrons. The first-order valence-corrected chi connectivity index (χ1v) is 11.2. The van der Waals surface area contributed by atoms with Gasteiger partial charge in [-0.25, -0.2) is 0 Å². The molecule has 6 N–H and O–H groups in total. The highest BCUT2D eigenvalue weighted by Gasteiger charge is 2.44. The number of benzene rings is 2. The quantitative estimate of drug-likeness (QED) is 0.241. The van der Waals surface area contributed by atoms with E-state index in [1.165, 1.54) is 32.4 Å². The fourth-order valence-electron chi connectivity index (χ4n) is 3.61. The molecule has 0 aromatic heterocycles. The van der Waals surface area contributed by atoms with Crippen LogP contribution in [-0.4, -0.2) is 89.5 Å². The molecular formula is C25H31NO10. The lowest BCUT2D eigenvalue weighted by Crippen LogP contribution is -2.60. The number of rotatable bonds is 10. The van der Waals surface area contributed by atoms with Gasteiger partial charge in [0.25, 0.3) is 0 Å². The van der Waals surface area contributed by atoms with Gasteiger partial charge < -0.3 is 49.8 Å². The van der Waals surface area contributed by atoms with Crippen molar-refractivity contribution in [3.05, 3.63) is 53.6 Å². The lowest BCUT2D eigenvalue weighted by atomic mass is 9.99. The van der Waals surface area contributed by atoms with Crippen LogP contribution in [0.4, 0.5) is 0 Å². The van der Waals surface area contributed by atoms with Crippen molar-refractivity contribution in [2.75, 3.05) is 27.4 Å². The smallest absolute Gasteiger partial charge is 0.244 e. The number of aliphatic hydroxyl groups is 4. The van der Waals surface area contributed by atoms with Crippen LogP contribution in [0.15, 0.2) is 42.5 Å². The minimum Gasteiger partial charge on any atom is -0.504 e. The Morgan fingerprint density at radius 2 is 1.75 bits per heavy atom. The molecule has 0 unspecified atom stereocenters. The Labute approximate surface area is 208 Å². The number of ether oxygens (including phenoxy) is 4. The monoisotopic (exact) mass is 505 g/mol. The van der Waals surface area contributed by atoms with Crippen LogP contribution in [0.25, 0.3) is 6.08 Å². The Hall–Kier alpha value is -3.35. The molecule has 0 saturated carbocycles. The van der Waals surface area contributed by atoms with E-state index in [1.807, 2.05) is 0 Å². The molecule has 0 spiro atoms. The Kier molecular flexibility index (Phi) is 9.51. The van der Waals surface area contributed by atoms with Crippen LogP contribution in [-0.2, 0) is 16.0 Å². The fraction of sp³-hybridized carbons (Fsp3) is 0.400. The molecule has 3 rings (SSSR count). The van der Waals surface area contributed by atoms with E-state index in [0.717, 1.165) is 5.56 Å². The van der Waals surface area contributed by atoms with Gasteiger partial charge in [-0.2, -0.15) is 0 Å². The number of carbonyl (C=O) groups is 1. The van der Waals surface area contributed by atoms with Gasteiger partial charge in [-0.05, 0) is 47.9 Å². The van der Waals surface area contributed by atoms with Gasteiger partial charge in [-0.15, -0.1) is 0 Å². The number of hydrogen-bond donors (Lipinski definition) is 6. The van der Waals surface area contributed by atoms with Crippen LogP contribution in [0.1, 0.15) is 11.1 Å². The van der Waals surface area contributed by atoms with Crippen molar-refractivity contribution in [2.24, 2.45) is 0 Å². The van der Waals surface area contributed by atoms with Gasteiger partial charge in [0.15, 0.2) is 23.0 Å². The highest BCUT2D eigenvalue weighted by atomic mass is 16.7. The number of aliphatic hydroxyl groups excluding tert-OH is 4. The first-order chi connectivity index (χ1) is 17.3. The first kappa shape index (κ1) is 27.2. The van der Waals surface area contributed by atoms with E-state index >= 15 is 0 Å². The highest BCUT2D eigenvalue weighted by Crippen LogP contribution is 2.32. The lowest BCUT2D eigenvalue weighted by molar-refractivity contribution is -0.277. The fourth-order valence-corrected chi connectivity index (χ4v) is 3.61. The third-order valence-electron chi connectivity index (χ3n) is 5.66. The van der Waals surface area contributed by atoms with Gasteiger partial charge in [0, 0.05) is 12.6 Å². The third kappa shape index (κ3) is 6.65. The van der Waals surface area contributed by atoms with E-state index in [1.54, 1.807) is 30.3 Å². The number of phenolic OH excluding ortho intramolecular Hbond substituents is 1. The van der Waals surface area contributed by atoms with Crippen molar-refractivity contribution in [3.8, 4) is 23.0 Å². The second-order valence-electron chi connectivity index (χ2n) is 8.11. The van der Waals surface area contributed by atoms with Crippen LogP contribution in [0.3, 0.4) is 0 Å². The summed E-state index contributed by atoms with van der Waals surface area (Å²) >= 11 is 0. The molecule has 1 heterocycles. The molecular weight excluding hydrogens is 474 g/mol. The molecule has 1 amide bonds. The summed E-state index contributed by atoms with van der Waals surface area (Å²) < 4.78 is 21.4. The van der Waals surface area contributed by atoms with Gasteiger partial charge in [-0.3, -0.25) is 4.79 Å². The topological polar surface area (TPSA) is 167 Å². The number of nitrogens with one attached hydrogen (secondary N) is 1. The Balaban J connectivity index is 1.57. The molecule has 36 heavy (non-hydrogen) atoms. The number of aromatic hydroxyl groups is 1. The maximum Gasteiger partial charge on any atom is 0.244 e. The molecule has 1 aliphatic heterocycles. The molecule has 0 bridgehead atoms. The summed E-state index contributed by atoms with van der Waals surface area (Å²) in [5.74, 6) is 0.574. The van der Waals surface area contributed by atoms with Crippen LogP contribution < -0.4 is 19.5 Å². The van der Waals surface area contributed by atoms with Crippen LogP contribution in [0, 0.1) is 0 Å². The summed E-state index contributed by atoms with van der Waals surface area (Å²) in [4.78, 5) is 12.2. The van der Waals surface area contributed by atoms with Gasteiger partial charge in [0.1, 0.15) is 24.4 Å². The summed E-state index contributed by atoms with van der Waals surface area (Å²) in [5.41, 5.74) is 1.53. The number of amides is 1. The summed E-state index contributed by atoms with van der Waals surface area (Å²) in [6, 6.07) is 9.78. The van der Waals surface area contributed by atoms with Crippen LogP contribution >= 0.6 is 0 Å². The minimum atomic E-state index is -1.57. The van der Waals surface area contributed by atoms with Gasteiger partial charge in [0.05, 0.1) is 20.8 Å². The normalized spacial score (nSPS) is 23.9. The average molecular weight is 506 g/mol. The van der Waals surface area contributed by atoms with E-state index in [2.05, 4.69) is 5.32 Å². The van der Waals surface area contributed by atoms with E-state index in [-0.39, 0.29) is 23.2 Å². The van der Waals surface area contributed by atoms with Crippen molar-refractivity contribution >= 4 is 12.0 Å². The minimum absolute atomic E-state index is 0.0493. The van der Waals surface area contributed by atoms with Gasteiger partial charge >= 0.3 is 0 Å². The third-order valence-corrected chi connectivity index (χ3v) is 5.66. The van der Waals surface area contributed by atoms with E-state index < -0.39 is 37.3 Å². The summed E-state index contributed by atoms with van der Waals surface area (Å²) in [6.45, 7) is -0.191. The second-order valence-corrected chi connectivity index (χ2v) is 8.11. The zero-order valence-corrected chi connectivity index (χ0v) is 19.9. The molecule has 196 valence electrons. The molecule has 5 atom stereocenters. The second kappa shape index (κ2) is 12.6. The van der Waals surface area contributed by atoms with E-state index in [9.17, 15) is 30.3 Å². The summed E-state index contributed by atoms with van der Waals surface area (Å²) in [7, 11) is 2.88. The summed E-state index contributed by atoms with van der Waals surface area (Å²) in [6.07, 6.45) is -3.57. The number of carbonyl (C=O) groups excluding carboxylic acids is 1. The number of phenols is 1. The van der Waals surface area contributed by atoms with Gasteiger partial charge in [0.2, 0.25) is 12.2 Å². The Morgan fingerprint density at radius 1 is 1.00 bits per heavy atom. The molecule has 1 saturated heterocycles. The van der Waals surface area contributed by atoms with Gasteiger partial charge in [-0.1, -0.05) is 12.1 Å². The van der Waals surface area contributed by atoms with Crippen molar-refractivity contribution in [1.29, 1.82) is 0 Å². The maximum absolute atomic E-state index is 12.2. The van der Waals surface area contributed by atoms with Crippen molar-refractivity contribution < 1.29 is 49.3 Å². The average Bonchev–Trinajstić information content (AvgIpc) is 2.89. The summed E-state index contributed by atoms with van der Waals surface area (Å²) in [5, 5.41) is 51.8. The maximum atomic E-state index is 12.2. The van der Waals surface area contributed by atoms with Crippen molar-refractivity contribution in [1.82, 2.24) is 5.32 Å². The van der Waals surface area contributed by atoms with Crippen molar-refractivity contribution in [2.45, 2.75) is 37.1 Å². The predicted octanol–water partition coefficient (Wildman–Crippen LogP) is -0.0398. The molecule has 0 aliphatic carbocycles. The van der Waals surface area contributed by atoms with Crippen molar-refractivity contribution in [3.63, 3.8) is 0 Å². The van der Waals surface area contributed by atoms with E-state index in [0.29, 0.717) is 24.3 Å². The molecule has 2 aromatic rings. The predicted molar refractivity (Wildman–Crippen MR) is 128 cm³/mol. The highest BCUT2D eigenvalue weighted by molar-refractivity contribution is 5.91. The zero-order valence-electron chi connectivity index (χ0n) is 19.9. The van der Waals surface area contributed by atoms with E-state index in [4.69, 9.17) is 18.9 Å². The lowest BCUT2D eigenvalue weighted by Gasteiger charge is -2.39. The standard InChI is InChI=1S/C25H31NO10/c1-33-18-11-15(3-6-16(18)28)9-10-26-21(29)8-5-14-4-7-17(19(12-14)34-2)35-25-24(32)23(31)22(30)20(13-27)36-25/h3-8,11-12,20,22-25,27-28,30-32H,9-10,13H2,1-2H3,(H,26,29)/b8-5+/t20-,22+,23-,24-,25-/m1/s1. The molecule has 2 aromatic carbocycles. The largest absolute Gasteiger partial charge is 0.504 e. The SMILES string of the molecule is COc1cc(CCNC(=O)/C=C/c2ccc(O[C@@H]3O[C@H](CO)[C@H](O)[C@@H](O)[C@H]3O)c(OC)c2)ccc1O. The van der Waals surface area contributed by atoms with Crippen LogP contribution in [0.2, 0.25) is 0 Å². The Morgan fingerprint density at radius 3 is 2.44 bits per heavy atom. The first-order valence-electron chi connectivity index (χ1n) is 11.2. The molecule has 11 heteroatoms. The number of methoxy groups -OCH3 is 2. The number of hydrogen-bond acceptors (Lipinski definition) is 10. The molecule has 1 aliphatic rings. The molecule has 11 nitrogen and oxygen atoms in total. The zero-order chi connectivity index (χ0) is 26.2.